The van der Waals surface area contributed by atoms with E-state index in [-0.39, 0.29) is 24.3 Å². The summed E-state index contributed by atoms with van der Waals surface area (Å²) in [4.78, 5) is 43.9. The molecular weight excluding hydrogens is 396 g/mol. The maximum Gasteiger partial charge on any atom is 0.283 e. The zero-order chi connectivity index (χ0) is 21.4. The van der Waals surface area contributed by atoms with E-state index >= 15 is 0 Å². The predicted octanol–water partition coefficient (Wildman–Crippen LogP) is 1.71. The van der Waals surface area contributed by atoms with Crippen LogP contribution in [0, 0.1) is 5.92 Å². The first-order chi connectivity index (χ1) is 15.1. The zero-order valence-electron chi connectivity index (χ0n) is 16.4. The van der Waals surface area contributed by atoms with E-state index in [0.717, 1.165) is 16.1 Å². The fourth-order valence-electron chi connectivity index (χ4n) is 3.70. The van der Waals surface area contributed by atoms with Crippen molar-refractivity contribution in [2.45, 2.75) is 6.42 Å². The average molecular weight is 414 g/mol. The number of anilines is 1. The van der Waals surface area contributed by atoms with Gasteiger partial charge in [-0.2, -0.15) is 5.10 Å². The van der Waals surface area contributed by atoms with Crippen molar-refractivity contribution in [2.75, 3.05) is 16.9 Å². The highest BCUT2D eigenvalue weighted by atomic mass is 16.2. The number of hydrogen-bond donors (Lipinski definition) is 1. The summed E-state index contributed by atoms with van der Waals surface area (Å²) in [6, 6.07) is 18.5. The molecule has 0 spiro atoms. The Balaban J connectivity index is 1.37. The normalized spacial score (nSPS) is 16.1. The second kappa shape index (κ2) is 7.52. The molecule has 0 saturated carbocycles. The Hall–Kier alpha value is -4.27. The Kier molecular flexibility index (Phi) is 4.55. The van der Waals surface area contributed by atoms with Crippen molar-refractivity contribution >= 4 is 28.5 Å². The molecule has 1 aliphatic rings. The second-order valence-corrected chi connectivity index (χ2v) is 7.27. The van der Waals surface area contributed by atoms with Gasteiger partial charge in [0.15, 0.2) is 5.65 Å². The molecular formula is C22H18N6O3. The summed E-state index contributed by atoms with van der Waals surface area (Å²) in [5.74, 6) is -1.11. The van der Waals surface area contributed by atoms with Gasteiger partial charge in [-0.25, -0.2) is 14.3 Å². The largest absolute Gasteiger partial charge is 0.312 e. The smallest absolute Gasteiger partial charge is 0.283 e. The summed E-state index contributed by atoms with van der Waals surface area (Å²) in [7, 11) is 0. The molecule has 2 amide bonds. The minimum absolute atomic E-state index is 0.0804. The Morgan fingerprint density at radius 3 is 2.35 bits per heavy atom. The highest BCUT2D eigenvalue weighted by Gasteiger charge is 2.35. The molecule has 31 heavy (non-hydrogen) atoms. The van der Waals surface area contributed by atoms with Gasteiger partial charge in [-0.05, 0) is 24.3 Å². The van der Waals surface area contributed by atoms with E-state index in [1.165, 1.54) is 12.5 Å². The summed E-state index contributed by atoms with van der Waals surface area (Å²) < 4.78 is 2.60. The van der Waals surface area contributed by atoms with E-state index in [0.29, 0.717) is 5.65 Å². The molecule has 1 saturated heterocycles. The van der Waals surface area contributed by atoms with Crippen LogP contribution in [0.4, 0.5) is 5.69 Å². The third kappa shape index (κ3) is 3.35. The van der Waals surface area contributed by atoms with Crippen LogP contribution in [-0.2, 0) is 9.59 Å². The fraction of sp³-hybridized carbons (Fsp3) is 0.136. The first-order valence-electron chi connectivity index (χ1n) is 9.79. The standard InChI is InChI=1S/C22H18N6O3/c29-19-11-15(13-26(19)16-7-3-1-4-8-16)21(30)25-27-14-23-20-18(22(27)31)12-24-28(20)17-9-5-2-6-10-17/h1-10,12,14-15H,11,13H2,(H,25,30). The molecule has 3 heterocycles. The Morgan fingerprint density at radius 2 is 1.65 bits per heavy atom. The van der Waals surface area contributed by atoms with Crippen LogP contribution in [0.2, 0.25) is 0 Å². The van der Waals surface area contributed by atoms with Crippen LogP contribution < -0.4 is 15.9 Å². The van der Waals surface area contributed by atoms with Gasteiger partial charge >= 0.3 is 0 Å². The summed E-state index contributed by atoms with van der Waals surface area (Å²) >= 11 is 0. The molecule has 5 rings (SSSR count). The number of benzene rings is 2. The van der Waals surface area contributed by atoms with Crippen LogP contribution in [0.25, 0.3) is 16.7 Å². The van der Waals surface area contributed by atoms with Crippen molar-refractivity contribution in [2.24, 2.45) is 5.92 Å². The highest BCUT2D eigenvalue weighted by Crippen LogP contribution is 2.25. The molecule has 1 fully saturated rings. The minimum atomic E-state index is -0.567. The number of carbonyl (C=O) groups is 2. The van der Waals surface area contributed by atoms with Crippen molar-refractivity contribution < 1.29 is 9.59 Å². The van der Waals surface area contributed by atoms with Crippen molar-refractivity contribution in [1.82, 2.24) is 19.4 Å². The topological polar surface area (TPSA) is 102 Å². The first-order valence-corrected chi connectivity index (χ1v) is 9.79. The van der Waals surface area contributed by atoms with Gasteiger partial charge in [0.25, 0.3) is 5.56 Å². The van der Waals surface area contributed by atoms with Crippen molar-refractivity contribution in [3.63, 3.8) is 0 Å². The number of fused-ring (bicyclic) bond motifs is 1. The van der Waals surface area contributed by atoms with Crippen molar-refractivity contribution in [3.8, 4) is 5.69 Å². The van der Waals surface area contributed by atoms with Gasteiger partial charge in [0, 0.05) is 18.7 Å². The first kappa shape index (κ1) is 18.7. The Morgan fingerprint density at radius 1 is 0.968 bits per heavy atom. The minimum Gasteiger partial charge on any atom is -0.312 e. The van der Waals surface area contributed by atoms with E-state index in [1.54, 1.807) is 9.58 Å². The van der Waals surface area contributed by atoms with Gasteiger partial charge < -0.3 is 4.90 Å². The quantitative estimate of drug-likeness (QED) is 0.548. The van der Waals surface area contributed by atoms with E-state index in [1.807, 2.05) is 60.7 Å². The predicted molar refractivity (Wildman–Crippen MR) is 114 cm³/mol. The number of carbonyl (C=O) groups excluding carboxylic acids is 2. The summed E-state index contributed by atoms with van der Waals surface area (Å²) in [5.41, 5.74) is 4.05. The van der Waals surface area contributed by atoms with Crippen LogP contribution in [0.5, 0.6) is 0 Å². The number of nitrogens with zero attached hydrogens (tertiary/aromatic N) is 5. The lowest BCUT2D eigenvalue weighted by Gasteiger charge is -2.16. The maximum atomic E-state index is 12.9. The maximum absolute atomic E-state index is 12.9. The fourth-order valence-corrected chi connectivity index (χ4v) is 3.70. The molecule has 0 bridgehead atoms. The SMILES string of the molecule is O=C(Nn1cnc2c(cnn2-c2ccccc2)c1=O)C1CC(=O)N(c2ccccc2)C1. The number of rotatable bonds is 4. The number of aromatic nitrogens is 4. The second-order valence-electron chi connectivity index (χ2n) is 7.27. The molecule has 0 aliphatic carbocycles. The molecule has 4 aromatic rings. The van der Waals surface area contributed by atoms with Gasteiger partial charge in [0.2, 0.25) is 11.8 Å². The number of hydrogen-bond acceptors (Lipinski definition) is 5. The molecule has 0 radical (unpaired) electrons. The molecule has 1 aliphatic heterocycles. The van der Waals surface area contributed by atoms with E-state index in [4.69, 9.17) is 0 Å². The third-order valence-corrected chi connectivity index (χ3v) is 5.28. The van der Waals surface area contributed by atoms with Crippen LogP contribution >= 0.6 is 0 Å². The third-order valence-electron chi connectivity index (χ3n) is 5.28. The number of nitrogens with one attached hydrogen (secondary N) is 1. The molecule has 9 nitrogen and oxygen atoms in total. The van der Waals surface area contributed by atoms with Crippen LogP contribution in [0.3, 0.4) is 0 Å². The Bertz CT molecular complexity index is 1330. The summed E-state index contributed by atoms with van der Waals surface area (Å²) in [6.07, 6.45) is 2.77. The molecule has 1 unspecified atom stereocenters. The van der Waals surface area contributed by atoms with Crippen LogP contribution in [0.1, 0.15) is 6.42 Å². The lowest BCUT2D eigenvalue weighted by Crippen LogP contribution is -2.37. The number of amides is 2. The number of para-hydroxylation sites is 2. The van der Waals surface area contributed by atoms with Gasteiger partial charge in [-0.1, -0.05) is 36.4 Å². The average Bonchev–Trinajstić information content (AvgIpc) is 3.41. The van der Waals surface area contributed by atoms with Crippen LogP contribution in [-0.4, -0.2) is 37.8 Å². The molecule has 1 N–H and O–H groups in total. The van der Waals surface area contributed by atoms with Gasteiger partial charge in [0.1, 0.15) is 11.7 Å². The molecule has 1 atom stereocenters. The molecule has 9 heteroatoms. The molecule has 154 valence electrons. The lowest BCUT2D eigenvalue weighted by molar-refractivity contribution is -0.123. The van der Waals surface area contributed by atoms with E-state index in [2.05, 4.69) is 15.5 Å². The zero-order valence-corrected chi connectivity index (χ0v) is 16.4. The van der Waals surface area contributed by atoms with Gasteiger partial charge in [-0.3, -0.25) is 19.8 Å². The van der Waals surface area contributed by atoms with Gasteiger partial charge in [-0.15, -0.1) is 0 Å². The van der Waals surface area contributed by atoms with Crippen molar-refractivity contribution in [1.29, 1.82) is 0 Å². The molecule has 2 aromatic heterocycles. The van der Waals surface area contributed by atoms with E-state index < -0.39 is 17.4 Å². The van der Waals surface area contributed by atoms with Crippen molar-refractivity contribution in [3.05, 3.63) is 83.5 Å². The monoisotopic (exact) mass is 414 g/mol. The molecule has 2 aromatic carbocycles. The highest BCUT2D eigenvalue weighted by molar-refractivity contribution is 6.01. The lowest BCUT2D eigenvalue weighted by atomic mass is 10.1. The summed E-state index contributed by atoms with van der Waals surface area (Å²) in [5, 5.41) is 4.53. The van der Waals surface area contributed by atoms with Gasteiger partial charge in [0.05, 0.1) is 17.8 Å². The Labute approximate surface area is 176 Å². The van der Waals surface area contributed by atoms with E-state index in [9.17, 15) is 14.4 Å². The summed E-state index contributed by atoms with van der Waals surface area (Å²) in [6.45, 7) is 0.255. The van der Waals surface area contributed by atoms with Crippen LogP contribution in [0.15, 0.2) is 78.0 Å².